The number of aliphatic hydroxyl groups excluding tert-OH is 1. The molecule has 52 heavy (non-hydrogen) atoms. The lowest BCUT2D eigenvalue weighted by molar-refractivity contribution is -0.123. The Balaban J connectivity index is 4.13. The van der Waals surface area contributed by atoms with Gasteiger partial charge in [0, 0.05) is 13.0 Å². The minimum Gasteiger partial charge on any atom is -0.391 e. The number of nitrogens with one attached hydrogen (secondary N) is 1. The number of allylic oxidation sites excluding steroid dienone is 2. The Morgan fingerprint density at radius 2 is 1.00 bits per heavy atom. The molecular weight excluding hydrogens is 671 g/mol. The van der Waals surface area contributed by atoms with Gasteiger partial charge in [0.05, 0.1) is 25.4 Å². The van der Waals surface area contributed by atoms with Gasteiger partial charge in [-0.15, -0.1) is 0 Å². The van der Waals surface area contributed by atoms with Gasteiger partial charge in [0.1, 0.15) is 0 Å². The van der Waals surface area contributed by atoms with E-state index in [0.29, 0.717) is 12.8 Å². The van der Waals surface area contributed by atoms with Crippen molar-refractivity contribution in [1.29, 1.82) is 0 Å². The number of hydrogen-bond donors (Lipinski definition) is 4. The van der Waals surface area contributed by atoms with E-state index in [2.05, 4.69) is 31.3 Å². The Bertz CT molecular complexity index is 829. The molecule has 0 aliphatic heterocycles. The van der Waals surface area contributed by atoms with Gasteiger partial charge in [-0.25, -0.2) is 4.57 Å². The molecule has 0 fully saturated rings. The van der Waals surface area contributed by atoms with Crippen molar-refractivity contribution in [1.82, 2.24) is 5.32 Å². The second kappa shape index (κ2) is 39.9. The van der Waals surface area contributed by atoms with Crippen LogP contribution in [0.1, 0.15) is 226 Å². The molecule has 0 aliphatic rings. The molecule has 0 aliphatic carbocycles. The van der Waals surface area contributed by atoms with Gasteiger partial charge in [0.2, 0.25) is 5.91 Å². The van der Waals surface area contributed by atoms with Gasteiger partial charge in [0.25, 0.3) is 0 Å². The van der Waals surface area contributed by atoms with E-state index in [1.165, 1.54) is 161 Å². The summed E-state index contributed by atoms with van der Waals surface area (Å²) >= 11 is 0. The normalized spacial score (nSPS) is 14.2. The molecule has 1 amide bonds. The highest BCUT2D eigenvalue weighted by Gasteiger charge is 2.27. The molecule has 0 rings (SSSR count). The summed E-state index contributed by atoms with van der Waals surface area (Å²) in [4.78, 5) is 22.7. The predicted octanol–water partition coefficient (Wildman–Crippen LogP) is 12.4. The maximum absolute atomic E-state index is 12.8. The van der Waals surface area contributed by atoms with Crippen LogP contribution in [0.5, 0.6) is 0 Å². The van der Waals surface area contributed by atoms with Gasteiger partial charge in [-0.05, 0) is 38.5 Å². The standard InChI is InChI=1S/C43H87N2O6P/c1-3-5-7-9-11-13-15-17-19-20-21-23-25-27-29-31-33-35-37-43(47)45-41(40-51-52(48,49)50-39-38-44)42(46)36-34-32-30-28-26-24-22-18-16-14-12-10-8-6-4-2/h19-20,41-42,46H,3-18,21-40,44H2,1-2H3,(H,45,47)(H,48,49)/b20-19-. The predicted molar refractivity (Wildman–Crippen MR) is 222 cm³/mol. The van der Waals surface area contributed by atoms with Crippen molar-refractivity contribution in [3.8, 4) is 0 Å². The molecule has 0 bridgehead atoms. The molecule has 0 aromatic carbocycles. The van der Waals surface area contributed by atoms with E-state index >= 15 is 0 Å². The minimum absolute atomic E-state index is 0.0899. The molecule has 0 saturated heterocycles. The largest absolute Gasteiger partial charge is 0.472 e. The lowest BCUT2D eigenvalue weighted by atomic mass is 10.0. The molecule has 310 valence electrons. The van der Waals surface area contributed by atoms with Crippen molar-refractivity contribution < 1.29 is 28.4 Å². The smallest absolute Gasteiger partial charge is 0.391 e. The molecule has 0 spiro atoms. The van der Waals surface area contributed by atoms with Crippen LogP contribution >= 0.6 is 7.82 Å². The van der Waals surface area contributed by atoms with Crippen molar-refractivity contribution in [2.24, 2.45) is 5.73 Å². The third-order valence-electron chi connectivity index (χ3n) is 10.1. The molecule has 8 nitrogen and oxygen atoms in total. The summed E-state index contributed by atoms with van der Waals surface area (Å²) in [6.07, 6.45) is 43.6. The number of carbonyl (C=O) groups is 1. The van der Waals surface area contributed by atoms with Crippen LogP contribution in [0.3, 0.4) is 0 Å². The molecule has 0 heterocycles. The van der Waals surface area contributed by atoms with Crippen molar-refractivity contribution in [3.63, 3.8) is 0 Å². The van der Waals surface area contributed by atoms with Crippen LogP contribution in [0.15, 0.2) is 12.2 Å². The lowest BCUT2D eigenvalue weighted by Gasteiger charge is -2.25. The van der Waals surface area contributed by atoms with Crippen molar-refractivity contribution in [2.75, 3.05) is 19.8 Å². The fourth-order valence-corrected chi connectivity index (χ4v) is 7.48. The van der Waals surface area contributed by atoms with Gasteiger partial charge in [-0.1, -0.05) is 193 Å². The van der Waals surface area contributed by atoms with Crippen LogP contribution in [-0.2, 0) is 18.4 Å². The van der Waals surface area contributed by atoms with E-state index < -0.39 is 20.0 Å². The van der Waals surface area contributed by atoms with Crippen molar-refractivity contribution in [2.45, 2.75) is 238 Å². The number of unbranched alkanes of at least 4 members (excludes halogenated alkanes) is 28. The number of aliphatic hydroxyl groups is 1. The SMILES string of the molecule is CCCCCCCCC/C=C\CCCCCCCCCC(=O)NC(COP(=O)(O)OCCN)C(O)CCCCCCCCCCCCCCCCC. The van der Waals surface area contributed by atoms with Gasteiger partial charge < -0.3 is 21.1 Å². The summed E-state index contributed by atoms with van der Waals surface area (Å²) in [5, 5.41) is 13.8. The zero-order valence-electron chi connectivity index (χ0n) is 34.3. The van der Waals surface area contributed by atoms with E-state index in [0.717, 1.165) is 38.5 Å². The Hall–Kier alpha value is -0.760. The first-order chi connectivity index (χ1) is 25.4. The van der Waals surface area contributed by atoms with Crippen LogP contribution in [0.4, 0.5) is 0 Å². The van der Waals surface area contributed by atoms with Gasteiger partial charge in [0.15, 0.2) is 0 Å². The van der Waals surface area contributed by atoms with Crippen LogP contribution in [0.2, 0.25) is 0 Å². The number of phosphoric acid groups is 1. The number of nitrogens with two attached hydrogens (primary N) is 1. The summed E-state index contributed by atoms with van der Waals surface area (Å²) in [6.45, 7) is 4.22. The summed E-state index contributed by atoms with van der Waals surface area (Å²) in [5.41, 5.74) is 5.38. The maximum atomic E-state index is 12.8. The van der Waals surface area contributed by atoms with Gasteiger partial charge in [-0.3, -0.25) is 13.8 Å². The Kier molecular flexibility index (Phi) is 39.3. The van der Waals surface area contributed by atoms with Gasteiger partial charge in [-0.2, -0.15) is 0 Å². The number of amides is 1. The summed E-state index contributed by atoms with van der Waals surface area (Å²) in [5.74, 6) is -0.164. The van der Waals surface area contributed by atoms with Crippen molar-refractivity contribution >= 4 is 13.7 Å². The first kappa shape index (κ1) is 51.2. The van der Waals surface area contributed by atoms with Gasteiger partial charge >= 0.3 is 7.82 Å². The highest BCUT2D eigenvalue weighted by Crippen LogP contribution is 2.43. The van der Waals surface area contributed by atoms with Crippen LogP contribution in [0.25, 0.3) is 0 Å². The van der Waals surface area contributed by atoms with E-state index in [1.54, 1.807) is 0 Å². The minimum atomic E-state index is -4.31. The van der Waals surface area contributed by atoms with E-state index in [1.807, 2.05) is 0 Å². The zero-order valence-corrected chi connectivity index (χ0v) is 35.2. The molecular formula is C43H87N2O6P. The lowest BCUT2D eigenvalue weighted by Crippen LogP contribution is -2.46. The summed E-state index contributed by atoms with van der Waals surface area (Å²) in [6, 6.07) is -0.773. The summed E-state index contributed by atoms with van der Waals surface area (Å²) < 4.78 is 22.2. The number of carbonyl (C=O) groups excluding carboxylic acids is 1. The quantitative estimate of drug-likeness (QED) is 0.0277. The van der Waals surface area contributed by atoms with Crippen LogP contribution in [-0.4, -0.2) is 47.8 Å². The van der Waals surface area contributed by atoms with Crippen LogP contribution < -0.4 is 11.1 Å². The Labute approximate surface area is 322 Å². The molecule has 3 atom stereocenters. The van der Waals surface area contributed by atoms with E-state index in [-0.39, 0.29) is 25.7 Å². The van der Waals surface area contributed by atoms with Crippen LogP contribution in [0, 0.1) is 0 Å². The van der Waals surface area contributed by atoms with E-state index in [9.17, 15) is 19.4 Å². The Morgan fingerprint density at radius 1 is 0.615 bits per heavy atom. The number of hydrogen-bond acceptors (Lipinski definition) is 6. The highest BCUT2D eigenvalue weighted by atomic mass is 31.2. The fourth-order valence-electron chi connectivity index (χ4n) is 6.72. The topological polar surface area (TPSA) is 131 Å². The first-order valence-electron chi connectivity index (χ1n) is 22.3. The third-order valence-corrected chi connectivity index (χ3v) is 11.1. The van der Waals surface area contributed by atoms with E-state index in [4.69, 9.17) is 14.8 Å². The zero-order chi connectivity index (χ0) is 38.2. The molecule has 0 saturated carbocycles. The molecule has 9 heteroatoms. The maximum Gasteiger partial charge on any atom is 0.472 e. The second-order valence-electron chi connectivity index (χ2n) is 15.3. The third kappa shape index (κ3) is 37.6. The average molecular weight is 759 g/mol. The number of phosphoric ester groups is 1. The summed E-state index contributed by atoms with van der Waals surface area (Å²) in [7, 11) is -4.31. The second-order valence-corrected chi connectivity index (χ2v) is 16.7. The Morgan fingerprint density at radius 3 is 1.42 bits per heavy atom. The monoisotopic (exact) mass is 759 g/mol. The molecule has 0 radical (unpaired) electrons. The van der Waals surface area contributed by atoms with Crippen molar-refractivity contribution in [3.05, 3.63) is 12.2 Å². The average Bonchev–Trinajstić information content (AvgIpc) is 3.13. The first-order valence-corrected chi connectivity index (χ1v) is 23.8. The molecule has 0 aromatic heterocycles. The number of rotatable bonds is 42. The fraction of sp³-hybridized carbons (Fsp3) is 0.930. The molecule has 0 aromatic rings. The molecule has 5 N–H and O–H groups in total. The molecule has 3 unspecified atom stereocenters. The highest BCUT2D eigenvalue weighted by molar-refractivity contribution is 7.47.